The van der Waals surface area contributed by atoms with Crippen molar-refractivity contribution in [3.63, 3.8) is 0 Å². The molecule has 0 saturated heterocycles. The predicted molar refractivity (Wildman–Crippen MR) is 106 cm³/mol. The van der Waals surface area contributed by atoms with E-state index < -0.39 is 11.9 Å². The third kappa shape index (κ3) is 4.28. The summed E-state index contributed by atoms with van der Waals surface area (Å²) in [7, 11) is 0. The van der Waals surface area contributed by atoms with Gasteiger partial charge in [0.05, 0.1) is 30.4 Å². The van der Waals surface area contributed by atoms with Gasteiger partial charge in [-0.25, -0.2) is 14.8 Å². The van der Waals surface area contributed by atoms with Crippen LogP contribution in [0.5, 0.6) is 0 Å². The van der Waals surface area contributed by atoms with Crippen molar-refractivity contribution in [2.45, 2.75) is 40.3 Å². The van der Waals surface area contributed by atoms with Crippen LogP contribution in [0.4, 0.5) is 0 Å². The fraction of sp³-hybridized carbons (Fsp3) is 0.389. The molecule has 0 aromatic carbocycles. The van der Waals surface area contributed by atoms with Crippen LogP contribution in [0.3, 0.4) is 0 Å². The minimum absolute atomic E-state index is 0.0319. The van der Waals surface area contributed by atoms with Crippen molar-refractivity contribution in [2.24, 2.45) is 0 Å². The summed E-state index contributed by atoms with van der Waals surface area (Å²) in [6, 6.07) is 0. The third-order valence-corrected chi connectivity index (χ3v) is 6.08. The zero-order valence-electron chi connectivity index (χ0n) is 15.7. The number of nitrogens with zero attached hydrogens (tertiary/aromatic N) is 3. The molecule has 0 radical (unpaired) electrons. The number of fused-ring (bicyclic) bond motifs is 1. The third-order valence-electron chi connectivity index (χ3n) is 4.10. The van der Waals surface area contributed by atoms with E-state index in [1.54, 1.807) is 12.3 Å². The van der Waals surface area contributed by atoms with Crippen molar-refractivity contribution in [2.75, 3.05) is 6.61 Å². The number of rotatable bonds is 7. The molecule has 3 aromatic heterocycles. The van der Waals surface area contributed by atoms with Crippen molar-refractivity contribution < 1.29 is 19.1 Å². The van der Waals surface area contributed by atoms with Crippen LogP contribution >= 0.6 is 22.7 Å². The largest absolute Gasteiger partial charge is 0.461 e. The molecule has 0 spiro atoms. The number of thiazole rings is 1. The maximum atomic E-state index is 12.6. The van der Waals surface area contributed by atoms with Crippen LogP contribution in [0.25, 0.3) is 10.2 Å². The first-order valence-corrected chi connectivity index (χ1v) is 10.3. The average Bonchev–Trinajstić information content (AvgIpc) is 3.25. The molecule has 0 fully saturated rings. The lowest BCUT2D eigenvalue weighted by Crippen LogP contribution is -2.22. The van der Waals surface area contributed by atoms with E-state index >= 15 is 0 Å². The Morgan fingerprint density at radius 3 is 2.79 bits per heavy atom. The van der Waals surface area contributed by atoms with Crippen LogP contribution in [0.1, 0.15) is 39.3 Å². The summed E-state index contributed by atoms with van der Waals surface area (Å²) < 4.78 is 11.5. The molecule has 148 valence electrons. The van der Waals surface area contributed by atoms with Gasteiger partial charge in [-0.1, -0.05) is 0 Å². The Kier molecular flexibility index (Phi) is 6.20. The van der Waals surface area contributed by atoms with Gasteiger partial charge in [0.1, 0.15) is 11.4 Å². The molecule has 3 rings (SSSR count). The lowest BCUT2D eigenvalue weighted by atomic mass is 10.2. The second-order valence-corrected chi connectivity index (χ2v) is 8.04. The molecule has 0 aliphatic carbocycles. The van der Waals surface area contributed by atoms with Crippen molar-refractivity contribution in [1.82, 2.24) is 14.5 Å². The number of hydrogen-bond acceptors (Lipinski definition) is 9. The zero-order chi connectivity index (χ0) is 20.3. The highest BCUT2D eigenvalue weighted by Gasteiger charge is 2.15. The summed E-state index contributed by atoms with van der Waals surface area (Å²) in [5.74, 6) is -0.956. The molecule has 10 heteroatoms. The molecule has 3 aromatic rings. The number of thiophene rings is 1. The first-order valence-electron chi connectivity index (χ1n) is 8.63. The molecule has 0 saturated carbocycles. The number of aryl methyl sites for hydroxylation is 3. The smallest absolute Gasteiger partial charge is 0.367 e. The van der Waals surface area contributed by atoms with Gasteiger partial charge < -0.3 is 9.47 Å². The fourth-order valence-corrected chi connectivity index (χ4v) is 4.21. The molecule has 0 aliphatic rings. The molecule has 0 aliphatic heterocycles. The zero-order valence-corrected chi connectivity index (χ0v) is 17.3. The van der Waals surface area contributed by atoms with Crippen molar-refractivity contribution in [1.29, 1.82) is 0 Å². The number of ether oxygens (including phenoxy) is 2. The van der Waals surface area contributed by atoms with E-state index in [-0.39, 0.29) is 36.7 Å². The SMILES string of the molecule is CCOC(=O)c1nc(COC(=O)CCn2cnc3sc(C)c(C)c3c2=O)cs1. The highest BCUT2D eigenvalue weighted by Crippen LogP contribution is 2.25. The van der Waals surface area contributed by atoms with E-state index in [1.807, 2.05) is 13.8 Å². The van der Waals surface area contributed by atoms with Gasteiger partial charge in [-0.2, -0.15) is 0 Å². The summed E-state index contributed by atoms with van der Waals surface area (Å²) in [4.78, 5) is 46.3. The lowest BCUT2D eigenvalue weighted by Gasteiger charge is -2.06. The monoisotopic (exact) mass is 421 g/mol. The number of esters is 2. The van der Waals surface area contributed by atoms with Gasteiger partial charge in [0.15, 0.2) is 0 Å². The van der Waals surface area contributed by atoms with Crippen molar-refractivity contribution in [3.05, 3.63) is 43.2 Å². The van der Waals surface area contributed by atoms with Crippen LogP contribution in [-0.2, 0) is 27.4 Å². The first-order chi connectivity index (χ1) is 13.4. The summed E-state index contributed by atoms with van der Waals surface area (Å²) in [5.41, 5.74) is 1.25. The van der Waals surface area contributed by atoms with E-state index in [9.17, 15) is 14.4 Å². The molecular weight excluding hydrogens is 402 g/mol. The van der Waals surface area contributed by atoms with Gasteiger partial charge in [-0.05, 0) is 26.3 Å². The maximum absolute atomic E-state index is 12.6. The number of aromatic nitrogens is 3. The van der Waals surface area contributed by atoms with Gasteiger partial charge in [-0.15, -0.1) is 22.7 Å². The minimum atomic E-state index is -0.494. The lowest BCUT2D eigenvalue weighted by molar-refractivity contribution is -0.145. The number of carbonyl (C=O) groups is 2. The van der Waals surface area contributed by atoms with Crippen LogP contribution in [0.2, 0.25) is 0 Å². The van der Waals surface area contributed by atoms with Crippen LogP contribution in [-0.4, -0.2) is 33.1 Å². The second kappa shape index (κ2) is 8.61. The van der Waals surface area contributed by atoms with E-state index in [2.05, 4.69) is 9.97 Å². The van der Waals surface area contributed by atoms with Crippen LogP contribution < -0.4 is 5.56 Å². The highest BCUT2D eigenvalue weighted by atomic mass is 32.1. The average molecular weight is 422 g/mol. The van der Waals surface area contributed by atoms with E-state index in [4.69, 9.17) is 9.47 Å². The molecule has 0 amide bonds. The molecule has 8 nitrogen and oxygen atoms in total. The molecular formula is C18H19N3O5S2. The van der Waals surface area contributed by atoms with Gasteiger partial charge in [0.25, 0.3) is 5.56 Å². The van der Waals surface area contributed by atoms with Crippen molar-refractivity contribution in [3.8, 4) is 0 Å². The molecule has 3 heterocycles. The normalized spacial score (nSPS) is 11.0. The number of carbonyl (C=O) groups excluding carboxylic acids is 2. The summed E-state index contributed by atoms with van der Waals surface area (Å²) >= 11 is 2.62. The Morgan fingerprint density at radius 2 is 2.04 bits per heavy atom. The Bertz CT molecular complexity index is 1080. The summed E-state index contributed by atoms with van der Waals surface area (Å²) in [6.45, 7) is 5.98. The molecule has 0 unspecified atom stereocenters. The quantitative estimate of drug-likeness (QED) is 0.541. The molecule has 28 heavy (non-hydrogen) atoms. The summed E-state index contributed by atoms with van der Waals surface area (Å²) in [6.07, 6.45) is 1.49. The second-order valence-electron chi connectivity index (χ2n) is 5.98. The molecule has 0 atom stereocenters. The summed E-state index contributed by atoms with van der Waals surface area (Å²) in [5, 5.41) is 2.47. The fourth-order valence-electron chi connectivity index (χ4n) is 2.53. The Hall–Kier alpha value is -2.59. The number of hydrogen-bond donors (Lipinski definition) is 0. The maximum Gasteiger partial charge on any atom is 0.367 e. The standard InChI is InChI=1S/C18H19N3O5S2/c1-4-25-18(24)16-20-12(8-27-16)7-26-13(22)5-6-21-9-19-15-14(17(21)23)10(2)11(3)28-15/h8-9H,4-7H2,1-3H3. The van der Waals surface area contributed by atoms with E-state index in [0.29, 0.717) is 15.9 Å². The van der Waals surface area contributed by atoms with Gasteiger partial charge in [-0.3, -0.25) is 14.2 Å². The Labute approximate surface area is 168 Å². The van der Waals surface area contributed by atoms with Gasteiger partial charge >= 0.3 is 11.9 Å². The Morgan fingerprint density at radius 1 is 1.25 bits per heavy atom. The highest BCUT2D eigenvalue weighted by molar-refractivity contribution is 7.18. The predicted octanol–water partition coefficient (Wildman–Crippen LogP) is 2.84. The first kappa shape index (κ1) is 20.2. The van der Waals surface area contributed by atoms with Gasteiger partial charge in [0, 0.05) is 16.8 Å². The van der Waals surface area contributed by atoms with E-state index in [0.717, 1.165) is 21.8 Å². The topological polar surface area (TPSA) is 100 Å². The van der Waals surface area contributed by atoms with Crippen LogP contribution in [0, 0.1) is 13.8 Å². The Balaban J connectivity index is 1.57. The van der Waals surface area contributed by atoms with Crippen molar-refractivity contribution >= 4 is 44.8 Å². The molecule has 0 bridgehead atoms. The van der Waals surface area contributed by atoms with E-state index in [1.165, 1.54) is 22.2 Å². The minimum Gasteiger partial charge on any atom is -0.461 e. The van der Waals surface area contributed by atoms with Crippen LogP contribution in [0.15, 0.2) is 16.5 Å². The van der Waals surface area contributed by atoms with Gasteiger partial charge in [0.2, 0.25) is 5.01 Å². The molecule has 0 N–H and O–H groups in total.